The van der Waals surface area contributed by atoms with Gasteiger partial charge in [-0.1, -0.05) is 18.5 Å². The van der Waals surface area contributed by atoms with Gasteiger partial charge in [-0.25, -0.2) is 19.3 Å². The number of pyridine rings is 1. The number of rotatable bonds is 4. The van der Waals surface area contributed by atoms with E-state index in [-0.39, 0.29) is 17.9 Å². The van der Waals surface area contributed by atoms with E-state index in [4.69, 9.17) is 11.6 Å². The number of amides is 1. The predicted molar refractivity (Wildman–Crippen MR) is 106 cm³/mol. The van der Waals surface area contributed by atoms with Gasteiger partial charge in [0, 0.05) is 48.8 Å². The van der Waals surface area contributed by atoms with Crippen molar-refractivity contribution in [1.29, 1.82) is 0 Å². The lowest BCUT2D eigenvalue weighted by Gasteiger charge is -2.20. The third-order valence-corrected chi connectivity index (χ3v) is 5.29. The lowest BCUT2D eigenvalue weighted by atomic mass is 10.0. The summed E-state index contributed by atoms with van der Waals surface area (Å²) in [7, 11) is 1.58. The molecular formula is C19H18ClFN6O. The number of hydrogen-bond donors (Lipinski definition) is 2. The third kappa shape index (κ3) is 2.90. The summed E-state index contributed by atoms with van der Waals surface area (Å²) in [6.07, 6.45) is 6.12. The number of aromatic amines is 1. The van der Waals surface area contributed by atoms with Crippen LogP contribution in [0.4, 0.5) is 4.39 Å². The van der Waals surface area contributed by atoms with Crippen molar-refractivity contribution in [2.75, 3.05) is 7.05 Å². The highest BCUT2D eigenvalue weighted by Gasteiger charge is 2.24. The number of nitrogens with one attached hydrogen (secondary N) is 2. The first-order chi connectivity index (χ1) is 13.4. The van der Waals surface area contributed by atoms with Crippen LogP contribution in [-0.4, -0.2) is 37.5 Å². The minimum absolute atomic E-state index is 0.124. The molecule has 0 aliphatic rings. The van der Waals surface area contributed by atoms with E-state index < -0.39 is 5.82 Å². The Labute approximate surface area is 165 Å². The van der Waals surface area contributed by atoms with Gasteiger partial charge >= 0.3 is 0 Å². The van der Waals surface area contributed by atoms with Crippen molar-refractivity contribution >= 4 is 39.6 Å². The van der Waals surface area contributed by atoms with Crippen LogP contribution in [0.1, 0.15) is 19.9 Å². The Bertz CT molecular complexity index is 1200. The summed E-state index contributed by atoms with van der Waals surface area (Å²) in [5, 5.41) is 4.20. The molecule has 4 aromatic rings. The minimum Gasteiger partial charge on any atom is -0.359 e. The molecule has 0 bridgehead atoms. The highest BCUT2D eigenvalue weighted by atomic mass is 35.5. The predicted octanol–water partition coefficient (Wildman–Crippen LogP) is 3.71. The Morgan fingerprint density at radius 1 is 1.29 bits per heavy atom. The largest absolute Gasteiger partial charge is 0.359 e. The summed E-state index contributed by atoms with van der Waals surface area (Å²) in [5.74, 6) is -0.501. The number of nitrogens with zero attached hydrogens (tertiary/aromatic N) is 4. The van der Waals surface area contributed by atoms with Gasteiger partial charge in [-0.15, -0.1) is 0 Å². The second-order valence-corrected chi connectivity index (χ2v) is 7.15. The zero-order valence-electron chi connectivity index (χ0n) is 15.5. The van der Waals surface area contributed by atoms with E-state index in [9.17, 15) is 9.18 Å². The van der Waals surface area contributed by atoms with Crippen LogP contribution in [0.5, 0.6) is 0 Å². The molecule has 0 aromatic carbocycles. The van der Waals surface area contributed by atoms with Crippen LogP contribution >= 0.6 is 11.6 Å². The molecule has 0 aliphatic carbocycles. The average molecular weight is 401 g/mol. The second-order valence-electron chi connectivity index (χ2n) is 6.71. The molecule has 0 saturated heterocycles. The second kappa shape index (κ2) is 6.87. The highest BCUT2D eigenvalue weighted by molar-refractivity contribution is 6.31. The molecule has 4 aromatic heterocycles. The Hall–Kier alpha value is -3.00. The summed E-state index contributed by atoms with van der Waals surface area (Å²) in [6, 6.07) is 1.48. The number of hydrogen-bond acceptors (Lipinski definition) is 4. The van der Waals surface area contributed by atoms with Crippen LogP contribution in [0.3, 0.4) is 0 Å². The van der Waals surface area contributed by atoms with Gasteiger partial charge in [0.1, 0.15) is 11.3 Å². The average Bonchev–Trinajstić information content (AvgIpc) is 3.26. The minimum atomic E-state index is -0.429. The van der Waals surface area contributed by atoms with E-state index in [1.165, 1.54) is 12.4 Å². The van der Waals surface area contributed by atoms with Gasteiger partial charge in [-0.3, -0.25) is 4.79 Å². The number of carbonyl (C=O) groups excluding carboxylic acids is 1. The maximum atomic E-state index is 14.5. The van der Waals surface area contributed by atoms with Gasteiger partial charge in [0.05, 0.1) is 16.3 Å². The van der Waals surface area contributed by atoms with E-state index >= 15 is 0 Å². The van der Waals surface area contributed by atoms with Crippen LogP contribution in [-0.2, 0) is 4.79 Å². The number of H-pyrrole nitrogens is 1. The molecule has 0 aliphatic heterocycles. The summed E-state index contributed by atoms with van der Waals surface area (Å²) in [5.41, 5.74) is 1.80. The number of aromatic nitrogens is 5. The highest BCUT2D eigenvalue weighted by Crippen LogP contribution is 2.30. The van der Waals surface area contributed by atoms with E-state index in [2.05, 4.69) is 25.3 Å². The molecule has 144 valence electrons. The standard InChI is InChI=1S/C19H18ClFN6O/c1-9(19(28)22-3)10(2)27-8-15(21)14-7-25-17(26-18(14)27)13-6-24-16-12(13)4-11(20)5-23-16/h4-10H,1-3H3,(H,22,28)(H,23,24)/t9-,10-/m1/s1. The lowest BCUT2D eigenvalue weighted by Crippen LogP contribution is -2.30. The van der Waals surface area contributed by atoms with E-state index in [1.54, 1.807) is 37.0 Å². The van der Waals surface area contributed by atoms with Gasteiger partial charge in [-0.2, -0.15) is 0 Å². The zero-order valence-corrected chi connectivity index (χ0v) is 16.3. The summed E-state index contributed by atoms with van der Waals surface area (Å²) < 4.78 is 16.1. The molecule has 0 spiro atoms. The molecule has 4 heterocycles. The molecule has 0 saturated carbocycles. The Morgan fingerprint density at radius 3 is 2.82 bits per heavy atom. The third-order valence-electron chi connectivity index (χ3n) is 5.08. The first-order valence-electron chi connectivity index (χ1n) is 8.78. The molecule has 28 heavy (non-hydrogen) atoms. The first kappa shape index (κ1) is 18.4. The van der Waals surface area contributed by atoms with Crippen molar-refractivity contribution < 1.29 is 9.18 Å². The van der Waals surface area contributed by atoms with Crippen molar-refractivity contribution in [3.63, 3.8) is 0 Å². The molecular weight excluding hydrogens is 383 g/mol. The fourth-order valence-corrected chi connectivity index (χ4v) is 3.44. The van der Waals surface area contributed by atoms with Crippen LogP contribution in [0.15, 0.2) is 30.9 Å². The van der Waals surface area contributed by atoms with Gasteiger partial charge in [-0.05, 0) is 13.0 Å². The Balaban J connectivity index is 1.86. The molecule has 2 atom stereocenters. The van der Waals surface area contributed by atoms with E-state index in [0.29, 0.717) is 33.1 Å². The molecule has 0 radical (unpaired) electrons. The maximum Gasteiger partial charge on any atom is 0.224 e. The van der Waals surface area contributed by atoms with Gasteiger partial charge < -0.3 is 14.9 Å². The number of fused-ring (bicyclic) bond motifs is 2. The summed E-state index contributed by atoms with van der Waals surface area (Å²) >= 11 is 6.07. The van der Waals surface area contributed by atoms with E-state index in [0.717, 1.165) is 5.39 Å². The van der Waals surface area contributed by atoms with Crippen LogP contribution in [0.25, 0.3) is 33.5 Å². The fraction of sp³-hybridized carbons (Fsp3) is 0.263. The lowest BCUT2D eigenvalue weighted by molar-refractivity contribution is -0.125. The molecule has 4 rings (SSSR count). The van der Waals surface area contributed by atoms with Gasteiger partial charge in [0.15, 0.2) is 11.6 Å². The topological polar surface area (TPSA) is 88.5 Å². The Kier molecular flexibility index (Phi) is 4.50. The van der Waals surface area contributed by atoms with Gasteiger partial charge in [0.25, 0.3) is 0 Å². The number of halogens is 2. The molecule has 1 amide bonds. The summed E-state index contributed by atoms with van der Waals surface area (Å²) in [4.78, 5) is 28.2. The molecule has 0 unspecified atom stereocenters. The quantitative estimate of drug-likeness (QED) is 0.546. The molecule has 7 nitrogen and oxygen atoms in total. The van der Waals surface area contributed by atoms with Crippen molar-refractivity contribution in [1.82, 2.24) is 29.8 Å². The molecule has 2 N–H and O–H groups in total. The van der Waals surface area contributed by atoms with Crippen molar-refractivity contribution in [2.24, 2.45) is 5.92 Å². The fourth-order valence-electron chi connectivity index (χ4n) is 3.28. The maximum absolute atomic E-state index is 14.5. The molecule has 0 fully saturated rings. The normalized spacial score (nSPS) is 13.8. The van der Waals surface area contributed by atoms with Crippen molar-refractivity contribution in [2.45, 2.75) is 19.9 Å². The smallest absolute Gasteiger partial charge is 0.224 e. The summed E-state index contributed by atoms with van der Waals surface area (Å²) in [6.45, 7) is 3.65. The number of carbonyl (C=O) groups is 1. The Morgan fingerprint density at radius 2 is 2.07 bits per heavy atom. The van der Waals surface area contributed by atoms with E-state index in [1.807, 2.05) is 6.92 Å². The van der Waals surface area contributed by atoms with Crippen molar-refractivity contribution in [3.05, 3.63) is 41.7 Å². The van der Waals surface area contributed by atoms with Crippen LogP contribution in [0.2, 0.25) is 5.02 Å². The van der Waals surface area contributed by atoms with Crippen LogP contribution < -0.4 is 5.32 Å². The monoisotopic (exact) mass is 400 g/mol. The van der Waals surface area contributed by atoms with Crippen LogP contribution in [0, 0.1) is 11.7 Å². The SMILES string of the molecule is CNC(=O)[C@H](C)[C@@H](C)n1cc(F)c2cnc(-c3c[nH]c4ncc(Cl)cc34)nc21. The first-order valence-corrected chi connectivity index (χ1v) is 9.16. The zero-order chi connectivity index (χ0) is 20.0. The van der Waals surface area contributed by atoms with Gasteiger partial charge in [0.2, 0.25) is 5.91 Å². The van der Waals surface area contributed by atoms with Crippen molar-refractivity contribution in [3.8, 4) is 11.4 Å². The molecule has 9 heteroatoms.